The highest BCUT2D eigenvalue weighted by Crippen LogP contribution is 2.29. The van der Waals surface area contributed by atoms with Crippen LogP contribution in [0.4, 0.5) is 5.69 Å². The molecule has 0 fully saturated rings. The van der Waals surface area contributed by atoms with Crippen LogP contribution >= 0.6 is 34.8 Å². The lowest BCUT2D eigenvalue weighted by Crippen LogP contribution is -2.51. The minimum atomic E-state index is -4.25. The van der Waals surface area contributed by atoms with Crippen LogP contribution in [0.15, 0.2) is 71.6 Å². The van der Waals surface area contributed by atoms with Crippen molar-refractivity contribution >= 4 is 62.3 Å². The molecule has 0 saturated carbocycles. The zero-order chi connectivity index (χ0) is 31.0. The first-order valence-electron chi connectivity index (χ1n) is 13.4. The molecule has 2 amide bonds. The Morgan fingerprint density at radius 1 is 0.905 bits per heavy atom. The number of amides is 2. The number of anilines is 1. The second-order valence-corrected chi connectivity index (χ2v) is 13.0. The molecule has 12 heteroatoms. The van der Waals surface area contributed by atoms with Crippen LogP contribution in [0.5, 0.6) is 5.75 Å². The van der Waals surface area contributed by atoms with Gasteiger partial charge in [0.25, 0.3) is 10.0 Å². The molecular formula is C30H34Cl3N3O5S. The van der Waals surface area contributed by atoms with E-state index in [9.17, 15) is 18.0 Å². The van der Waals surface area contributed by atoms with E-state index in [4.69, 9.17) is 39.5 Å². The van der Waals surface area contributed by atoms with Gasteiger partial charge in [-0.15, -0.1) is 0 Å². The maximum atomic E-state index is 14.0. The smallest absolute Gasteiger partial charge is 0.264 e. The van der Waals surface area contributed by atoms with Crippen molar-refractivity contribution in [3.05, 3.63) is 87.4 Å². The first-order chi connectivity index (χ1) is 19.8. The summed E-state index contributed by atoms with van der Waals surface area (Å²) in [5.41, 5.74) is 0.667. The summed E-state index contributed by atoms with van der Waals surface area (Å²) in [6.45, 7) is 7.42. The fourth-order valence-electron chi connectivity index (χ4n) is 4.03. The van der Waals surface area contributed by atoms with Gasteiger partial charge < -0.3 is 15.0 Å². The Balaban J connectivity index is 2.05. The zero-order valence-electron chi connectivity index (χ0n) is 23.8. The molecule has 1 atom stereocenters. The maximum absolute atomic E-state index is 14.0. The minimum Gasteiger partial charge on any atom is -0.494 e. The Labute approximate surface area is 262 Å². The van der Waals surface area contributed by atoms with Crippen LogP contribution < -0.4 is 14.4 Å². The van der Waals surface area contributed by atoms with Crippen molar-refractivity contribution < 1.29 is 22.7 Å². The van der Waals surface area contributed by atoms with Crippen LogP contribution in [0, 0.1) is 5.92 Å². The zero-order valence-corrected chi connectivity index (χ0v) is 26.9. The normalized spacial score (nSPS) is 12.1. The average Bonchev–Trinajstić information content (AvgIpc) is 2.95. The Morgan fingerprint density at radius 3 is 2.05 bits per heavy atom. The van der Waals surface area contributed by atoms with Crippen molar-refractivity contribution in [3.8, 4) is 5.75 Å². The monoisotopic (exact) mass is 653 g/mol. The molecular weight excluding hydrogens is 621 g/mol. The molecule has 3 aromatic rings. The summed E-state index contributed by atoms with van der Waals surface area (Å²) >= 11 is 18.8. The third-order valence-corrected chi connectivity index (χ3v) is 9.11. The van der Waals surface area contributed by atoms with Crippen LogP contribution in [0.25, 0.3) is 0 Å². The van der Waals surface area contributed by atoms with Crippen LogP contribution in [0.3, 0.4) is 0 Å². The molecule has 0 aromatic heterocycles. The molecule has 0 aliphatic carbocycles. The Hall–Kier alpha value is -2.98. The van der Waals surface area contributed by atoms with Crippen LogP contribution in [0.1, 0.15) is 33.3 Å². The molecule has 0 unspecified atom stereocenters. The SMILES string of the molecule is CCOc1ccc(N(CC(=O)N(Cc2c(Cl)cccc2Cl)[C@H](C)C(=O)NCC(C)C)S(=O)(=O)c2ccc(Cl)cc2)cc1. The number of carbonyl (C=O) groups excluding carboxylic acids is 2. The number of benzene rings is 3. The summed E-state index contributed by atoms with van der Waals surface area (Å²) in [4.78, 5) is 28.4. The van der Waals surface area contributed by atoms with Gasteiger partial charge in [-0.05, 0) is 80.4 Å². The summed E-state index contributed by atoms with van der Waals surface area (Å²) in [5.74, 6) is -0.303. The maximum Gasteiger partial charge on any atom is 0.264 e. The molecule has 3 rings (SSSR count). The van der Waals surface area contributed by atoms with Crippen molar-refractivity contribution in [1.82, 2.24) is 10.2 Å². The molecule has 0 heterocycles. The quantitative estimate of drug-likeness (QED) is 0.229. The number of nitrogens with zero attached hydrogens (tertiary/aromatic N) is 2. The number of rotatable bonds is 13. The molecule has 0 radical (unpaired) electrons. The van der Waals surface area contributed by atoms with Gasteiger partial charge in [0.05, 0.1) is 17.2 Å². The topological polar surface area (TPSA) is 96.0 Å². The number of carbonyl (C=O) groups is 2. The van der Waals surface area contributed by atoms with E-state index in [0.717, 1.165) is 4.31 Å². The number of nitrogens with one attached hydrogen (secondary N) is 1. The Bertz CT molecular complexity index is 1460. The van der Waals surface area contributed by atoms with Crippen molar-refractivity contribution in [2.45, 2.75) is 45.2 Å². The van der Waals surface area contributed by atoms with Gasteiger partial charge in [-0.2, -0.15) is 0 Å². The molecule has 3 aromatic carbocycles. The number of hydrogen-bond acceptors (Lipinski definition) is 5. The molecule has 0 aliphatic heterocycles. The van der Waals surface area contributed by atoms with Crippen molar-refractivity contribution in [2.24, 2.45) is 5.92 Å². The van der Waals surface area contributed by atoms with E-state index in [0.29, 0.717) is 39.5 Å². The van der Waals surface area contributed by atoms with E-state index in [-0.39, 0.29) is 23.0 Å². The Kier molecular flexibility index (Phi) is 11.9. The first kappa shape index (κ1) is 33.5. The summed E-state index contributed by atoms with van der Waals surface area (Å²) in [5, 5.41) is 3.83. The highest BCUT2D eigenvalue weighted by atomic mass is 35.5. The van der Waals surface area contributed by atoms with Gasteiger partial charge >= 0.3 is 0 Å². The van der Waals surface area contributed by atoms with E-state index in [1.54, 1.807) is 49.4 Å². The predicted octanol–water partition coefficient (Wildman–Crippen LogP) is 6.43. The van der Waals surface area contributed by atoms with Crippen LogP contribution in [0.2, 0.25) is 15.1 Å². The summed E-state index contributed by atoms with van der Waals surface area (Å²) in [6, 6.07) is 16.0. The molecule has 0 bridgehead atoms. The van der Waals surface area contributed by atoms with Gasteiger partial charge in [-0.25, -0.2) is 8.42 Å². The number of hydrogen-bond donors (Lipinski definition) is 1. The second-order valence-electron chi connectivity index (χ2n) is 9.93. The van der Waals surface area contributed by atoms with Crippen molar-refractivity contribution in [1.29, 1.82) is 0 Å². The molecule has 0 spiro atoms. The largest absolute Gasteiger partial charge is 0.494 e. The molecule has 8 nitrogen and oxygen atoms in total. The highest BCUT2D eigenvalue weighted by Gasteiger charge is 2.33. The fraction of sp³-hybridized carbons (Fsp3) is 0.333. The van der Waals surface area contributed by atoms with Crippen molar-refractivity contribution in [2.75, 3.05) is 24.0 Å². The molecule has 226 valence electrons. The number of sulfonamides is 1. The van der Waals surface area contributed by atoms with E-state index >= 15 is 0 Å². The van der Waals surface area contributed by atoms with Gasteiger partial charge in [-0.1, -0.05) is 54.7 Å². The van der Waals surface area contributed by atoms with E-state index < -0.39 is 34.4 Å². The summed E-state index contributed by atoms with van der Waals surface area (Å²) in [7, 11) is -4.25. The number of halogens is 3. The lowest BCUT2D eigenvalue weighted by atomic mass is 10.1. The molecule has 0 saturated heterocycles. The highest BCUT2D eigenvalue weighted by molar-refractivity contribution is 7.92. The van der Waals surface area contributed by atoms with Crippen LogP contribution in [-0.2, 0) is 26.2 Å². The van der Waals surface area contributed by atoms with Gasteiger partial charge in [0.2, 0.25) is 11.8 Å². The third-order valence-electron chi connectivity index (χ3n) is 6.36. The van der Waals surface area contributed by atoms with E-state index in [2.05, 4.69) is 5.32 Å². The Morgan fingerprint density at radius 2 is 1.50 bits per heavy atom. The minimum absolute atomic E-state index is 0.0583. The number of ether oxygens (including phenoxy) is 1. The third kappa shape index (κ3) is 8.53. The standard InChI is InChI=1S/C30H34Cl3N3O5S/c1-5-41-24-13-11-23(12-14-24)36(42(39,40)25-15-9-22(31)10-16-25)19-29(37)35(21(4)30(38)34-17-20(2)3)18-26-27(32)7-6-8-28(26)33/h6-16,20-21H,5,17-19H2,1-4H3,(H,34,38)/t21-/m1/s1. The average molecular weight is 655 g/mol. The lowest BCUT2D eigenvalue weighted by Gasteiger charge is -2.32. The van der Waals surface area contributed by atoms with Crippen molar-refractivity contribution in [3.63, 3.8) is 0 Å². The molecule has 0 aliphatic rings. The second kappa shape index (κ2) is 15.0. The first-order valence-corrected chi connectivity index (χ1v) is 15.9. The lowest BCUT2D eigenvalue weighted by molar-refractivity contribution is -0.139. The fourth-order valence-corrected chi connectivity index (χ4v) is 6.08. The van der Waals surface area contributed by atoms with Gasteiger partial charge in [0.1, 0.15) is 18.3 Å². The van der Waals surface area contributed by atoms with Gasteiger partial charge in [0.15, 0.2) is 0 Å². The van der Waals surface area contributed by atoms with Gasteiger partial charge in [-0.3, -0.25) is 13.9 Å². The van der Waals surface area contributed by atoms with E-state index in [1.807, 2.05) is 20.8 Å². The summed E-state index contributed by atoms with van der Waals surface area (Å²) < 4.78 is 34.3. The molecule has 42 heavy (non-hydrogen) atoms. The van der Waals surface area contributed by atoms with Gasteiger partial charge in [0, 0.05) is 33.7 Å². The van der Waals surface area contributed by atoms with E-state index in [1.165, 1.54) is 29.2 Å². The van der Waals surface area contributed by atoms with Crippen LogP contribution in [-0.4, -0.2) is 50.9 Å². The summed E-state index contributed by atoms with van der Waals surface area (Å²) in [6.07, 6.45) is 0. The molecule has 1 N–H and O–H groups in total. The predicted molar refractivity (Wildman–Crippen MR) is 168 cm³/mol.